The summed E-state index contributed by atoms with van der Waals surface area (Å²) >= 11 is 0. The van der Waals surface area contributed by atoms with E-state index in [2.05, 4.69) is 19.2 Å². The summed E-state index contributed by atoms with van der Waals surface area (Å²) in [6, 6.07) is 6.57. The van der Waals surface area contributed by atoms with Crippen molar-refractivity contribution in [2.45, 2.75) is 39.5 Å². The first-order valence-electron chi connectivity index (χ1n) is 7.73. The molecule has 1 aliphatic heterocycles. The van der Waals surface area contributed by atoms with Gasteiger partial charge in [-0.1, -0.05) is 32.1 Å². The SMILES string of the molecule is CC1=CC(c2cccc([N+](=O)[O-])c2)C2=C(CC(C)(C)CC2=O)N1. The van der Waals surface area contributed by atoms with Crippen molar-refractivity contribution in [1.82, 2.24) is 5.32 Å². The number of hydrogen-bond acceptors (Lipinski definition) is 4. The highest BCUT2D eigenvalue weighted by molar-refractivity contribution is 5.99. The lowest BCUT2D eigenvalue weighted by Gasteiger charge is -2.37. The minimum absolute atomic E-state index is 0.0535. The lowest BCUT2D eigenvalue weighted by molar-refractivity contribution is -0.384. The standard InChI is InChI=1S/C18H20N2O3/c1-11-7-14(12-5-4-6-13(8-12)20(22)23)17-15(19-11)9-18(2,3)10-16(17)21/h4-8,14,19H,9-10H2,1-3H3. The molecule has 1 aromatic rings. The number of nitro benzene ring substituents is 1. The Balaban J connectivity index is 2.09. The van der Waals surface area contributed by atoms with Crippen LogP contribution in [0.4, 0.5) is 5.69 Å². The van der Waals surface area contributed by atoms with E-state index in [1.807, 2.05) is 19.1 Å². The number of nitrogens with one attached hydrogen (secondary N) is 1. The van der Waals surface area contributed by atoms with Gasteiger partial charge in [0, 0.05) is 41.4 Å². The van der Waals surface area contributed by atoms with Gasteiger partial charge >= 0.3 is 0 Å². The van der Waals surface area contributed by atoms with Crippen LogP contribution in [0.15, 0.2) is 47.3 Å². The molecule has 5 nitrogen and oxygen atoms in total. The van der Waals surface area contributed by atoms with Crippen LogP contribution in [0.3, 0.4) is 0 Å². The maximum Gasteiger partial charge on any atom is 0.269 e. The van der Waals surface area contributed by atoms with E-state index >= 15 is 0 Å². The Labute approximate surface area is 135 Å². The summed E-state index contributed by atoms with van der Waals surface area (Å²) in [5, 5.41) is 14.4. The molecule has 5 heteroatoms. The van der Waals surface area contributed by atoms with Gasteiger partial charge in [-0.15, -0.1) is 0 Å². The second-order valence-electron chi connectivity index (χ2n) is 7.14. The van der Waals surface area contributed by atoms with Gasteiger partial charge in [0.25, 0.3) is 5.69 Å². The molecule has 2 aliphatic rings. The third-order valence-corrected chi connectivity index (χ3v) is 4.44. The molecule has 1 aliphatic carbocycles. The molecule has 0 radical (unpaired) electrons. The summed E-state index contributed by atoms with van der Waals surface area (Å²) in [6.45, 7) is 6.14. The molecule has 0 saturated heterocycles. The van der Waals surface area contributed by atoms with Gasteiger partial charge in [0.05, 0.1) is 4.92 Å². The number of nitrogens with zero attached hydrogens (tertiary/aromatic N) is 1. The van der Waals surface area contributed by atoms with Gasteiger partial charge in [-0.2, -0.15) is 0 Å². The van der Waals surface area contributed by atoms with Crippen molar-refractivity contribution >= 4 is 11.5 Å². The topological polar surface area (TPSA) is 72.2 Å². The van der Waals surface area contributed by atoms with Crippen LogP contribution in [0.25, 0.3) is 0 Å². The van der Waals surface area contributed by atoms with Gasteiger partial charge in [-0.05, 0) is 24.3 Å². The molecule has 0 aromatic heterocycles. The first-order valence-corrected chi connectivity index (χ1v) is 7.73. The van der Waals surface area contributed by atoms with Crippen LogP contribution in [-0.4, -0.2) is 10.7 Å². The molecule has 23 heavy (non-hydrogen) atoms. The zero-order valence-electron chi connectivity index (χ0n) is 13.6. The Morgan fingerprint density at radius 1 is 1.30 bits per heavy atom. The Morgan fingerprint density at radius 3 is 2.74 bits per heavy atom. The number of dihydropyridines is 1. The van der Waals surface area contributed by atoms with E-state index < -0.39 is 4.92 Å². The fraction of sp³-hybridized carbons (Fsp3) is 0.389. The molecule has 1 unspecified atom stereocenters. The van der Waals surface area contributed by atoms with Crippen LogP contribution in [0.2, 0.25) is 0 Å². The van der Waals surface area contributed by atoms with E-state index in [-0.39, 0.29) is 22.8 Å². The number of nitro groups is 1. The van der Waals surface area contributed by atoms with E-state index in [1.165, 1.54) is 6.07 Å². The van der Waals surface area contributed by atoms with Gasteiger partial charge in [0.2, 0.25) is 0 Å². The van der Waals surface area contributed by atoms with Crippen LogP contribution in [0.1, 0.15) is 45.1 Å². The second kappa shape index (κ2) is 5.33. The minimum atomic E-state index is -0.401. The predicted molar refractivity (Wildman–Crippen MR) is 87.8 cm³/mol. The minimum Gasteiger partial charge on any atom is -0.362 e. The summed E-state index contributed by atoms with van der Waals surface area (Å²) in [5.41, 5.74) is 3.48. The predicted octanol–water partition coefficient (Wildman–Crippen LogP) is 3.83. The Kier molecular flexibility index (Phi) is 3.59. The largest absolute Gasteiger partial charge is 0.362 e. The van der Waals surface area contributed by atoms with Crippen molar-refractivity contribution < 1.29 is 9.72 Å². The quantitative estimate of drug-likeness (QED) is 0.665. The maximum atomic E-state index is 12.7. The van der Waals surface area contributed by atoms with Crippen LogP contribution in [0, 0.1) is 15.5 Å². The van der Waals surface area contributed by atoms with E-state index in [4.69, 9.17) is 0 Å². The fourth-order valence-electron chi connectivity index (χ4n) is 3.51. The smallest absolute Gasteiger partial charge is 0.269 e. The zero-order chi connectivity index (χ0) is 16.8. The fourth-order valence-corrected chi connectivity index (χ4v) is 3.51. The molecule has 120 valence electrons. The van der Waals surface area contributed by atoms with E-state index in [0.717, 1.165) is 29.0 Å². The number of ketones is 1. The van der Waals surface area contributed by atoms with Crippen molar-refractivity contribution in [3.63, 3.8) is 0 Å². The van der Waals surface area contributed by atoms with Crippen molar-refractivity contribution in [2.24, 2.45) is 5.41 Å². The number of carbonyl (C=O) groups excluding carboxylic acids is 1. The molecular formula is C18H20N2O3. The number of non-ortho nitro benzene ring substituents is 1. The lowest BCUT2D eigenvalue weighted by Crippen LogP contribution is -2.35. The molecule has 0 bridgehead atoms. The molecule has 0 fully saturated rings. The Hall–Kier alpha value is -2.43. The summed E-state index contributed by atoms with van der Waals surface area (Å²) in [5.74, 6) is -0.0845. The first kappa shape index (κ1) is 15.5. The number of allylic oxidation sites excluding steroid dienone is 4. The second-order valence-corrected chi connectivity index (χ2v) is 7.14. The molecule has 0 spiro atoms. The maximum absolute atomic E-state index is 12.7. The average molecular weight is 312 g/mol. The van der Waals surface area contributed by atoms with Gasteiger partial charge in [-0.25, -0.2) is 0 Å². The molecule has 1 aromatic carbocycles. The molecule has 1 heterocycles. The third-order valence-electron chi connectivity index (χ3n) is 4.44. The molecule has 3 rings (SSSR count). The zero-order valence-corrected chi connectivity index (χ0v) is 13.6. The van der Waals surface area contributed by atoms with Crippen LogP contribution >= 0.6 is 0 Å². The third kappa shape index (κ3) is 2.91. The Morgan fingerprint density at radius 2 is 2.04 bits per heavy atom. The lowest BCUT2D eigenvalue weighted by atomic mass is 9.70. The monoisotopic (exact) mass is 312 g/mol. The Bertz CT molecular complexity index is 759. The van der Waals surface area contributed by atoms with Crippen molar-refractivity contribution in [3.05, 3.63) is 63.0 Å². The van der Waals surface area contributed by atoms with Gasteiger partial charge in [-0.3, -0.25) is 14.9 Å². The molecular weight excluding hydrogens is 292 g/mol. The van der Waals surface area contributed by atoms with E-state index in [1.54, 1.807) is 12.1 Å². The van der Waals surface area contributed by atoms with Crippen LogP contribution < -0.4 is 5.32 Å². The highest BCUT2D eigenvalue weighted by Gasteiger charge is 2.38. The number of rotatable bonds is 2. The summed E-state index contributed by atoms with van der Waals surface area (Å²) in [4.78, 5) is 23.3. The molecule has 0 saturated carbocycles. The molecule has 1 atom stereocenters. The van der Waals surface area contributed by atoms with Gasteiger partial charge in [0.15, 0.2) is 5.78 Å². The van der Waals surface area contributed by atoms with Gasteiger partial charge in [0.1, 0.15) is 0 Å². The highest BCUT2D eigenvalue weighted by atomic mass is 16.6. The van der Waals surface area contributed by atoms with Crippen molar-refractivity contribution in [3.8, 4) is 0 Å². The van der Waals surface area contributed by atoms with Crippen molar-refractivity contribution in [1.29, 1.82) is 0 Å². The van der Waals surface area contributed by atoms with Crippen LogP contribution in [-0.2, 0) is 4.79 Å². The van der Waals surface area contributed by atoms with E-state index in [9.17, 15) is 14.9 Å². The van der Waals surface area contributed by atoms with E-state index in [0.29, 0.717) is 6.42 Å². The first-order chi connectivity index (χ1) is 10.8. The number of Topliss-reactive ketones (excluding diaryl/α,β-unsaturated/α-hetero) is 1. The average Bonchev–Trinajstić information content (AvgIpc) is 2.44. The number of hydrogen-bond donors (Lipinski definition) is 1. The molecule has 1 N–H and O–H groups in total. The summed E-state index contributed by atoms with van der Waals surface area (Å²) in [7, 11) is 0. The van der Waals surface area contributed by atoms with Crippen LogP contribution in [0.5, 0.6) is 0 Å². The van der Waals surface area contributed by atoms with Gasteiger partial charge < -0.3 is 5.32 Å². The number of benzene rings is 1. The summed E-state index contributed by atoms with van der Waals surface area (Å²) in [6.07, 6.45) is 3.30. The number of carbonyl (C=O) groups is 1. The molecule has 0 amide bonds. The normalized spacial score (nSPS) is 23.0. The van der Waals surface area contributed by atoms with Crippen molar-refractivity contribution in [2.75, 3.05) is 0 Å². The highest BCUT2D eigenvalue weighted by Crippen LogP contribution is 2.43. The summed E-state index contributed by atoms with van der Waals surface area (Å²) < 4.78 is 0.